The van der Waals surface area contributed by atoms with Crippen LogP contribution < -0.4 is 9.47 Å². The van der Waals surface area contributed by atoms with Crippen molar-refractivity contribution in [3.63, 3.8) is 0 Å². The number of carbonyl (C=O) groups excluding carboxylic acids is 1. The van der Waals surface area contributed by atoms with Crippen molar-refractivity contribution in [1.29, 1.82) is 0 Å². The van der Waals surface area contributed by atoms with E-state index in [2.05, 4.69) is 6.92 Å². The zero-order valence-corrected chi connectivity index (χ0v) is 20.7. The van der Waals surface area contributed by atoms with Crippen LogP contribution in [0.4, 0.5) is 5.69 Å². The number of nitro groups is 1. The van der Waals surface area contributed by atoms with Crippen LogP contribution in [0.25, 0.3) is 0 Å². The third-order valence-electron chi connectivity index (χ3n) is 5.53. The van der Waals surface area contributed by atoms with Gasteiger partial charge in [0, 0.05) is 12.8 Å². The molecule has 1 N–H and O–H groups in total. The summed E-state index contributed by atoms with van der Waals surface area (Å²) >= 11 is 0. The second-order valence-corrected chi connectivity index (χ2v) is 8.38. The molecule has 0 amide bonds. The first-order chi connectivity index (χ1) is 16.3. The SMILES string of the molecule is CCCCCCCCCCCC(=O)OC(C)c1cc(OC)c(OCCCC(=O)O)cc1[N+](=O)[O-]. The largest absolute Gasteiger partial charge is 0.493 e. The first kappa shape index (κ1) is 29.2. The average molecular weight is 482 g/mol. The third-order valence-corrected chi connectivity index (χ3v) is 5.53. The summed E-state index contributed by atoms with van der Waals surface area (Å²) in [6.45, 7) is 3.86. The highest BCUT2D eigenvalue weighted by atomic mass is 16.6. The number of carboxylic acid groups (broad SMARTS) is 1. The summed E-state index contributed by atoms with van der Waals surface area (Å²) in [7, 11) is 1.40. The molecule has 192 valence electrons. The minimum atomic E-state index is -0.949. The Bertz CT molecular complexity index is 780. The van der Waals surface area contributed by atoms with Gasteiger partial charge in [-0.2, -0.15) is 0 Å². The van der Waals surface area contributed by atoms with Gasteiger partial charge in [0.05, 0.1) is 30.3 Å². The molecule has 1 aromatic rings. The van der Waals surface area contributed by atoms with E-state index >= 15 is 0 Å². The minimum absolute atomic E-state index is 0.0719. The van der Waals surface area contributed by atoms with Gasteiger partial charge in [-0.25, -0.2) is 0 Å². The molecule has 0 bridgehead atoms. The number of nitrogens with zero attached hydrogens (tertiary/aromatic N) is 1. The van der Waals surface area contributed by atoms with E-state index in [1.54, 1.807) is 6.92 Å². The molecule has 0 saturated carbocycles. The maximum Gasteiger partial charge on any atom is 0.306 e. The Labute approximate surface area is 201 Å². The maximum absolute atomic E-state index is 12.3. The Morgan fingerprint density at radius 2 is 1.59 bits per heavy atom. The van der Waals surface area contributed by atoms with Gasteiger partial charge in [0.15, 0.2) is 11.5 Å². The van der Waals surface area contributed by atoms with E-state index in [4.69, 9.17) is 19.3 Å². The molecule has 1 rings (SSSR count). The summed E-state index contributed by atoms with van der Waals surface area (Å²) in [6, 6.07) is 2.65. The summed E-state index contributed by atoms with van der Waals surface area (Å²) in [5, 5.41) is 20.3. The Hall–Kier alpha value is -2.84. The lowest BCUT2D eigenvalue weighted by molar-refractivity contribution is -0.386. The molecule has 0 aromatic heterocycles. The molecule has 34 heavy (non-hydrogen) atoms. The van der Waals surface area contributed by atoms with Crippen LogP contribution >= 0.6 is 0 Å². The molecule has 0 fully saturated rings. The number of carboxylic acids is 1. The average Bonchev–Trinajstić information content (AvgIpc) is 2.79. The predicted octanol–water partition coefficient (Wildman–Crippen LogP) is 6.37. The number of hydrogen-bond acceptors (Lipinski definition) is 7. The van der Waals surface area contributed by atoms with Crippen LogP contribution in [-0.2, 0) is 14.3 Å². The van der Waals surface area contributed by atoms with Crippen molar-refractivity contribution in [2.24, 2.45) is 0 Å². The number of aliphatic carboxylic acids is 1. The fourth-order valence-electron chi connectivity index (χ4n) is 3.63. The molecule has 0 radical (unpaired) electrons. The summed E-state index contributed by atoms with van der Waals surface area (Å²) < 4.78 is 16.2. The summed E-state index contributed by atoms with van der Waals surface area (Å²) in [5.74, 6) is -0.957. The first-order valence-electron chi connectivity index (χ1n) is 12.2. The van der Waals surface area contributed by atoms with E-state index in [0.29, 0.717) is 0 Å². The Kier molecular flexibility index (Phi) is 14.4. The van der Waals surface area contributed by atoms with Crippen molar-refractivity contribution < 1.29 is 33.8 Å². The smallest absolute Gasteiger partial charge is 0.306 e. The van der Waals surface area contributed by atoms with Crippen molar-refractivity contribution in [3.8, 4) is 11.5 Å². The van der Waals surface area contributed by atoms with Crippen LogP contribution in [-0.4, -0.2) is 35.7 Å². The Balaban J connectivity index is 2.61. The van der Waals surface area contributed by atoms with Crippen molar-refractivity contribution >= 4 is 17.6 Å². The number of carbonyl (C=O) groups is 2. The van der Waals surface area contributed by atoms with Crippen LogP contribution in [0.3, 0.4) is 0 Å². The highest BCUT2D eigenvalue weighted by Crippen LogP contribution is 2.38. The zero-order valence-electron chi connectivity index (χ0n) is 20.7. The van der Waals surface area contributed by atoms with Crippen LogP contribution in [0, 0.1) is 10.1 Å². The molecule has 0 aliphatic heterocycles. The second kappa shape index (κ2) is 16.7. The van der Waals surface area contributed by atoms with Gasteiger partial charge in [-0.1, -0.05) is 58.3 Å². The third kappa shape index (κ3) is 11.3. The van der Waals surface area contributed by atoms with E-state index in [1.165, 1.54) is 57.8 Å². The molecular formula is C25H39NO8. The van der Waals surface area contributed by atoms with Gasteiger partial charge in [0.2, 0.25) is 0 Å². The van der Waals surface area contributed by atoms with Gasteiger partial charge in [0.25, 0.3) is 5.69 Å². The lowest BCUT2D eigenvalue weighted by atomic mass is 10.1. The van der Waals surface area contributed by atoms with Crippen molar-refractivity contribution in [2.75, 3.05) is 13.7 Å². The van der Waals surface area contributed by atoms with E-state index in [1.807, 2.05) is 0 Å². The van der Waals surface area contributed by atoms with Crippen molar-refractivity contribution in [1.82, 2.24) is 0 Å². The number of rotatable bonds is 19. The minimum Gasteiger partial charge on any atom is -0.493 e. The lowest BCUT2D eigenvalue weighted by Crippen LogP contribution is -2.11. The number of methoxy groups -OCH3 is 1. The number of unbranched alkanes of at least 4 members (excludes halogenated alkanes) is 8. The molecule has 0 aliphatic carbocycles. The monoisotopic (exact) mass is 481 g/mol. The Morgan fingerprint density at radius 1 is 0.971 bits per heavy atom. The molecule has 1 atom stereocenters. The number of benzene rings is 1. The molecule has 1 unspecified atom stereocenters. The predicted molar refractivity (Wildman–Crippen MR) is 128 cm³/mol. The summed E-state index contributed by atoms with van der Waals surface area (Å²) in [6.07, 6.45) is 9.88. The molecule has 0 aliphatic rings. The molecule has 1 aromatic carbocycles. The van der Waals surface area contributed by atoms with E-state index in [9.17, 15) is 19.7 Å². The molecule has 0 heterocycles. The van der Waals surface area contributed by atoms with E-state index in [-0.39, 0.29) is 48.6 Å². The first-order valence-corrected chi connectivity index (χ1v) is 12.2. The van der Waals surface area contributed by atoms with Crippen molar-refractivity contribution in [3.05, 3.63) is 27.8 Å². The lowest BCUT2D eigenvalue weighted by Gasteiger charge is -2.17. The van der Waals surface area contributed by atoms with E-state index < -0.39 is 23.0 Å². The molecule has 9 heteroatoms. The van der Waals surface area contributed by atoms with Crippen LogP contribution in [0.1, 0.15) is 103 Å². The van der Waals surface area contributed by atoms with Crippen LogP contribution in [0.5, 0.6) is 11.5 Å². The van der Waals surface area contributed by atoms with E-state index in [0.717, 1.165) is 19.3 Å². The van der Waals surface area contributed by atoms with Gasteiger partial charge in [-0.15, -0.1) is 0 Å². The Morgan fingerprint density at radius 3 is 2.15 bits per heavy atom. The quantitative estimate of drug-likeness (QED) is 0.104. The fraction of sp³-hybridized carbons (Fsp3) is 0.680. The molecule has 9 nitrogen and oxygen atoms in total. The second-order valence-electron chi connectivity index (χ2n) is 8.38. The summed E-state index contributed by atoms with van der Waals surface area (Å²) in [4.78, 5) is 34.0. The normalized spacial score (nSPS) is 11.6. The maximum atomic E-state index is 12.3. The molecule has 0 saturated heterocycles. The topological polar surface area (TPSA) is 125 Å². The fourth-order valence-corrected chi connectivity index (χ4v) is 3.63. The van der Waals surface area contributed by atoms with Crippen LogP contribution in [0.15, 0.2) is 12.1 Å². The number of ether oxygens (including phenoxy) is 3. The zero-order chi connectivity index (χ0) is 25.3. The van der Waals surface area contributed by atoms with Gasteiger partial charge in [-0.05, 0) is 25.8 Å². The molecule has 0 spiro atoms. The van der Waals surface area contributed by atoms with Gasteiger partial charge >= 0.3 is 11.9 Å². The number of esters is 1. The highest BCUT2D eigenvalue weighted by molar-refractivity contribution is 5.70. The molecular weight excluding hydrogens is 442 g/mol. The van der Waals surface area contributed by atoms with Crippen LogP contribution in [0.2, 0.25) is 0 Å². The van der Waals surface area contributed by atoms with Gasteiger partial charge < -0.3 is 19.3 Å². The van der Waals surface area contributed by atoms with Gasteiger partial charge in [-0.3, -0.25) is 19.7 Å². The van der Waals surface area contributed by atoms with Crippen molar-refractivity contribution in [2.45, 2.75) is 97.0 Å². The number of hydrogen-bond donors (Lipinski definition) is 1. The summed E-state index contributed by atoms with van der Waals surface area (Å²) in [5.41, 5.74) is -0.0439. The standard InChI is InChI=1S/C25H39NO8/c1-4-5-6-7-8-9-10-11-12-15-25(29)34-19(2)20-17-22(32-3)23(18-21(20)26(30)31)33-16-13-14-24(27)28/h17-19H,4-16H2,1-3H3,(H,27,28). The number of nitro benzene ring substituents is 1. The van der Waals surface area contributed by atoms with Gasteiger partial charge in [0.1, 0.15) is 6.10 Å². The highest BCUT2D eigenvalue weighted by Gasteiger charge is 2.26.